The molecule has 2 nitrogen and oxygen atoms in total. The molecule has 1 unspecified atom stereocenters. The highest BCUT2D eigenvalue weighted by molar-refractivity contribution is 9.10. The Kier molecular flexibility index (Phi) is 4.17. The molecule has 1 fully saturated rings. The number of benzene rings is 2. The van der Waals surface area contributed by atoms with E-state index < -0.39 is 5.67 Å². The number of alkyl halides is 1. The molecule has 4 heteroatoms. The maximum atomic E-state index is 15.2. The Labute approximate surface area is 167 Å². The fourth-order valence-electron chi connectivity index (χ4n) is 4.83. The molecule has 27 heavy (non-hydrogen) atoms. The first kappa shape index (κ1) is 17.4. The predicted molar refractivity (Wildman–Crippen MR) is 112 cm³/mol. The smallest absolute Gasteiger partial charge is 0.123 e. The fourth-order valence-corrected chi connectivity index (χ4v) is 5.25. The largest absolute Gasteiger partial charge is 0.357 e. The number of hydrogen-bond acceptors (Lipinski definition) is 1. The molecule has 1 saturated carbocycles. The third-order valence-corrected chi connectivity index (χ3v) is 6.89. The van der Waals surface area contributed by atoms with Crippen LogP contribution in [0, 0.1) is 0 Å². The molecular formula is C23H24BrFN2. The first-order valence-corrected chi connectivity index (χ1v) is 10.6. The van der Waals surface area contributed by atoms with Gasteiger partial charge in [-0.15, -0.1) is 0 Å². The fraction of sp³-hybridized carbons (Fsp3) is 0.391. The second kappa shape index (κ2) is 6.46. The van der Waals surface area contributed by atoms with E-state index in [9.17, 15) is 0 Å². The zero-order valence-corrected chi connectivity index (χ0v) is 17.1. The van der Waals surface area contributed by atoms with Gasteiger partial charge >= 0.3 is 0 Å². The second-order valence-electron chi connectivity index (χ2n) is 8.25. The van der Waals surface area contributed by atoms with Crippen LogP contribution in [0.15, 0.2) is 53.0 Å². The van der Waals surface area contributed by atoms with Gasteiger partial charge in [-0.3, -0.25) is 4.90 Å². The Morgan fingerprint density at radius 1 is 1.19 bits per heavy atom. The number of para-hydroxylation sites is 1. The summed E-state index contributed by atoms with van der Waals surface area (Å²) in [6, 6.07) is 17.4. The molecule has 5 rings (SSSR count). The lowest BCUT2D eigenvalue weighted by molar-refractivity contribution is -0.00708. The van der Waals surface area contributed by atoms with Crippen LogP contribution in [0.1, 0.15) is 49.0 Å². The molecule has 2 heterocycles. The molecule has 1 aliphatic carbocycles. The number of aromatic amines is 1. The van der Waals surface area contributed by atoms with Gasteiger partial charge in [0.05, 0.1) is 6.04 Å². The molecule has 3 aromatic rings. The maximum absolute atomic E-state index is 15.2. The third kappa shape index (κ3) is 2.94. The van der Waals surface area contributed by atoms with Crippen molar-refractivity contribution in [1.29, 1.82) is 0 Å². The Hall–Kier alpha value is -1.65. The zero-order valence-electron chi connectivity index (χ0n) is 15.5. The Morgan fingerprint density at radius 2 is 2.00 bits per heavy atom. The van der Waals surface area contributed by atoms with Gasteiger partial charge in [0.25, 0.3) is 0 Å². The molecule has 140 valence electrons. The predicted octanol–water partition coefficient (Wildman–Crippen LogP) is 6.16. The minimum absolute atomic E-state index is 0.0573. The first-order valence-electron chi connectivity index (χ1n) is 9.84. The van der Waals surface area contributed by atoms with Gasteiger partial charge in [0, 0.05) is 33.7 Å². The van der Waals surface area contributed by atoms with E-state index >= 15 is 4.39 Å². The minimum Gasteiger partial charge on any atom is -0.357 e. The van der Waals surface area contributed by atoms with E-state index in [4.69, 9.17) is 0 Å². The van der Waals surface area contributed by atoms with Crippen LogP contribution in [0.25, 0.3) is 10.9 Å². The van der Waals surface area contributed by atoms with Crippen molar-refractivity contribution in [3.63, 3.8) is 0 Å². The minimum atomic E-state index is -1.03. The summed E-state index contributed by atoms with van der Waals surface area (Å²) < 4.78 is 16.2. The van der Waals surface area contributed by atoms with Gasteiger partial charge in [0.1, 0.15) is 5.67 Å². The standard InChI is InChI=1S/C23H24BrFN2/c1-15-12-19-18-8-2-3-9-20(18)26-21(19)22(16-6-4-7-17(24)13-16)27(15)14-23(25)10-5-11-23/h2-4,6-9,13,15,22,26H,5,10-12,14H2,1H3/t15-,22?/m1/s1. The molecule has 0 spiro atoms. The van der Waals surface area contributed by atoms with E-state index in [1.165, 1.54) is 27.7 Å². The number of rotatable bonds is 3. The first-order chi connectivity index (χ1) is 13.0. The number of fused-ring (bicyclic) bond motifs is 3. The van der Waals surface area contributed by atoms with Crippen LogP contribution < -0.4 is 0 Å². The van der Waals surface area contributed by atoms with Crippen LogP contribution in [0.2, 0.25) is 0 Å². The van der Waals surface area contributed by atoms with Crippen molar-refractivity contribution in [1.82, 2.24) is 9.88 Å². The summed E-state index contributed by atoms with van der Waals surface area (Å²) in [5, 5.41) is 1.30. The van der Waals surface area contributed by atoms with Crippen molar-refractivity contribution in [2.75, 3.05) is 6.54 Å². The van der Waals surface area contributed by atoms with Gasteiger partial charge in [-0.05, 0) is 61.9 Å². The molecule has 2 aromatic carbocycles. The summed E-state index contributed by atoms with van der Waals surface area (Å²) in [6.45, 7) is 2.76. The lowest BCUT2D eigenvalue weighted by atomic mass is 9.79. The summed E-state index contributed by atoms with van der Waals surface area (Å²) in [4.78, 5) is 6.06. The zero-order chi connectivity index (χ0) is 18.6. The summed E-state index contributed by atoms with van der Waals surface area (Å²) in [6.07, 6.45) is 3.36. The van der Waals surface area contributed by atoms with Crippen LogP contribution in [0.4, 0.5) is 4.39 Å². The van der Waals surface area contributed by atoms with Crippen molar-refractivity contribution in [3.8, 4) is 0 Å². The van der Waals surface area contributed by atoms with Crippen molar-refractivity contribution in [2.45, 2.75) is 50.4 Å². The maximum Gasteiger partial charge on any atom is 0.123 e. The molecule has 0 saturated heterocycles. The Bertz CT molecular complexity index is 991. The van der Waals surface area contributed by atoms with Crippen LogP contribution in [-0.2, 0) is 6.42 Å². The molecule has 0 amide bonds. The average molecular weight is 427 g/mol. The van der Waals surface area contributed by atoms with E-state index in [1.807, 2.05) is 0 Å². The third-order valence-electron chi connectivity index (χ3n) is 6.40. The summed E-state index contributed by atoms with van der Waals surface area (Å²) in [5.74, 6) is 0. The van der Waals surface area contributed by atoms with Crippen molar-refractivity contribution in [2.24, 2.45) is 0 Å². The number of aromatic nitrogens is 1. The number of nitrogens with one attached hydrogen (secondary N) is 1. The van der Waals surface area contributed by atoms with Gasteiger partial charge in [-0.25, -0.2) is 4.39 Å². The summed E-state index contributed by atoms with van der Waals surface area (Å²) in [7, 11) is 0. The molecule has 0 radical (unpaired) electrons. The van der Waals surface area contributed by atoms with E-state index in [1.54, 1.807) is 0 Å². The van der Waals surface area contributed by atoms with Gasteiger partial charge < -0.3 is 4.98 Å². The molecule has 2 atom stereocenters. The number of H-pyrrole nitrogens is 1. The van der Waals surface area contributed by atoms with Crippen LogP contribution in [0.3, 0.4) is 0 Å². The van der Waals surface area contributed by atoms with Crippen molar-refractivity contribution < 1.29 is 4.39 Å². The summed E-state index contributed by atoms with van der Waals surface area (Å²) in [5.41, 5.74) is 3.99. The van der Waals surface area contributed by atoms with Crippen LogP contribution in [0.5, 0.6) is 0 Å². The SMILES string of the molecule is C[C@@H]1Cc2c([nH]c3ccccc23)C(c2cccc(Br)c2)N1CC1(F)CCC1. The van der Waals surface area contributed by atoms with Crippen LogP contribution in [-0.4, -0.2) is 28.1 Å². The molecule has 0 bridgehead atoms. The van der Waals surface area contributed by atoms with Gasteiger partial charge in [0.15, 0.2) is 0 Å². The quantitative estimate of drug-likeness (QED) is 0.531. The molecule has 1 aliphatic heterocycles. The van der Waals surface area contributed by atoms with Crippen LogP contribution >= 0.6 is 15.9 Å². The van der Waals surface area contributed by atoms with Crippen molar-refractivity contribution in [3.05, 3.63) is 69.8 Å². The number of hydrogen-bond donors (Lipinski definition) is 1. The lowest BCUT2D eigenvalue weighted by Gasteiger charge is -2.46. The van der Waals surface area contributed by atoms with E-state index in [0.717, 1.165) is 17.3 Å². The highest BCUT2D eigenvalue weighted by Crippen LogP contribution is 2.45. The van der Waals surface area contributed by atoms with Crippen molar-refractivity contribution >= 4 is 26.8 Å². The number of nitrogens with zero attached hydrogens (tertiary/aromatic N) is 1. The number of halogens is 2. The topological polar surface area (TPSA) is 19.0 Å². The molecule has 1 aromatic heterocycles. The van der Waals surface area contributed by atoms with E-state index in [-0.39, 0.29) is 6.04 Å². The van der Waals surface area contributed by atoms with Gasteiger partial charge in [0.2, 0.25) is 0 Å². The van der Waals surface area contributed by atoms with E-state index in [2.05, 4.69) is 81.3 Å². The van der Waals surface area contributed by atoms with Gasteiger partial charge in [-0.2, -0.15) is 0 Å². The second-order valence-corrected chi connectivity index (χ2v) is 9.17. The lowest BCUT2D eigenvalue weighted by Crippen LogP contribution is -2.51. The highest BCUT2D eigenvalue weighted by atomic mass is 79.9. The van der Waals surface area contributed by atoms with E-state index in [0.29, 0.717) is 25.4 Å². The molecule has 1 N–H and O–H groups in total. The summed E-state index contributed by atoms with van der Waals surface area (Å²) >= 11 is 3.62. The monoisotopic (exact) mass is 426 g/mol. The highest BCUT2D eigenvalue weighted by Gasteiger charge is 2.44. The normalized spacial score (nSPS) is 24.6. The molecular weight excluding hydrogens is 403 g/mol. The molecule has 2 aliphatic rings. The average Bonchev–Trinajstić information content (AvgIpc) is 2.99. The Morgan fingerprint density at radius 3 is 2.74 bits per heavy atom. The Balaban J connectivity index is 1.67. The van der Waals surface area contributed by atoms with Gasteiger partial charge in [-0.1, -0.05) is 46.3 Å².